The van der Waals surface area contributed by atoms with Gasteiger partial charge < -0.3 is 5.73 Å². The van der Waals surface area contributed by atoms with Crippen LogP contribution in [-0.4, -0.2) is 11.5 Å². The normalized spacial score (nSPS) is 11.8. The third-order valence-electron chi connectivity index (χ3n) is 2.29. The Kier molecular flexibility index (Phi) is 3.51. The Balaban J connectivity index is 2.87. The Morgan fingerprint density at radius 2 is 2.07 bits per heavy atom. The van der Waals surface area contributed by atoms with E-state index >= 15 is 0 Å². The van der Waals surface area contributed by atoms with Gasteiger partial charge in [0.1, 0.15) is 5.15 Å². The van der Waals surface area contributed by atoms with Gasteiger partial charge in [0.15, 0.2) is 0 Å². The van der Waals surface area contributed by atoms with Crippen molar-refractivity contribution in [3.05, 3.63) is 28.5 Å². The van der Waals surface area contributed by atoms with Crippen LogP contribution in [0.25, 0.3) is 0 Å². The highest BCUT2D eigenvalue weighted by atomic mass is 35.5. The molecule has 0 fully saturated rings. The third-order valence-corrected chi connectivity index (χ3v) is 2.61. The summed E-state index contributed by atoms with van der Waals surface area (Å²) in [6, 6.07) is 4.01. The molecule has 2 nitrogen and oxygen atoms in total. The van der Waals surface area contributed by atoms with Crippen molar-refractivity contribution in [2.24, 2.45) is 11.1 Å². The average molecular weight is 213 g/mol. The van der Waals surface area contributed by atoms with Crippen LogP contribution in [0.15, 0.2) is 12.1 Å². The van der Waals surface area contributed by atoms with Gasteiger partial charge in [-0.05, 0) is 36.9 Å². The zero-order chi connectivity index (χ0) is 10.8. The van der Waals surface area contributed by atoms with Crippen LogP contribution in [0.5, 0.6) is 0 Å². The Labute approximate surface area is 90.5 Å². The van der Waals surface area contributed by atoms with E-state index in [4.69, 9.17) is 17.3 Å². The van der Waals surface area contributed by atoms with Crippen molar-refractivity contribution in [2.45, 2.75) is 27.2 Å². The molecule has 0 amide bonds. The second kappa shape index (κ2) is 4.28. The van der Waals surface area contributed by atoms with Crippen molar-refractivity contribution < 1.29 is 0 Å². The van der Waals surface area contributed by atoms with E-state index in [1.54, 1.807) is 0 Å². The molecule has 0 radical (unpaired) electrons. The lowest BCUT2D eigenvalue weighted by atomic mass is 9.86. The van der Waals surface area contributed by atoms with Crippen molar-refractivity contribution in [2.75, 3.05) is 6.54 Å². The molecule has 0 spiro atoms. The monoisotopic (exact) mass is 212 g/mol. The molecule has 0 aromatic carbocycles. The highest BCUT2D eigenvalue weighted by Crippen LogP contribution is 2.24. The van der Waals surface area contributed by atoms with Gasteiger partial charge in [-0.3, -0.25) is 0 Å². The first-order valence-electron chi connectivity index (χ1n) is 4.77. The minimum Gasteiger partial charge on any atom is -0.330 e. The van der Waals surface area contributed by atoms with Gasteiger partial charge in [0, 0.05) is 5.69 Å². The van der Waals surface area contributed by atoms with Crippen LogP contribution in [-0.2, 0) is 6.42 Å². The topological polar surface area (TPSA) is 38.9 Å². The van der Waals surface area contributed by atoms with Crippen molar-refractivity contribution >= 4 is 11.6 Å². The fourth-order valence-electron chi connectivity index (χ4n) is 1.27. The van der Waals surface area contributed by atoms with E-state index in [1.807, 2.05) is 19.1 Å². The van der Waals surface area contributed by atoms with Crippen LogP contribution < -0.4 is 5.73 Å². The van der Waals surface area contributed by atoms with Crippen LogP contribution in [0, 0.1) is 12.3 Å². The molecule has 0 aliphatic carbocycles. The lowest BCUT2D eigenvalue weighted by molar-refractivity contribution is 0.376. The molecule has 0 aliphatic heterocycles. The smallest absolute Gasteiger partial charge is 0.132 e. The van der Waals surface area contributed by atoms with Gasteiger partial charge in [-0.25, -0.2) is 4.98 Å². The molecule has 1 rings (SSSR count). The first kappa shape index (κ1) is 11.5. The summed E-state index contributed by atoms with van der Waals surface area (Å²) >= 11 is 6.04. The minimum atomic E-state index is 0.0839. The summed E-state index contributed by atoms with van der Waals surface area (Å²) in [7, 11) is 0. The quantitative estimate of drug-likeness (QED) is 0.783. The summed E-state index contributed by atoms with van der Waals surface area (Å²) in [5, 5.41) is 0.603. The Hall–Kier alpha value is -0.600. The summed E-state index contributed by atoms with van der Waals surface area (Å²) in [6.45, 7) is 6.84. The first-order chi connectivity index (χ1) is 6.44. The number of nitrogens with two attached hydrogens (primary N) is 1. The Morgan fingerprint density at radius 3 is 2.57 bits per heavy atom. The van der Waals surface area contributed by atoms with Crippen LogP contribution in [0.1, 0.15) is 25.1 Å². The standard InChI is InChI=1S/C11H17ClN2/c1-8-4-5-9(10(12)14-8)6-11(2,3)7-13/h4-5H,6-7,13H2,1-3H3. The molecule has 3 heteroatoms. The zero-order valence-electron chi connectivity index (χ0n) is 8.97. The molecular weight excluding hydrogens is 196 g/mol. The van der Waals surface area contributed by atoms with E-state index in [0.29, 0.717) is 11.7 Å². The van der Waals surface area contributed by atoms with Crippen LogP contribution in [0.3, 0.4) is 0 Å². The van der Waals surface area contributed by atoms with Gasteiger partial charge >= 0.3 is 0 Å². The number of halogens is 1. The van der Waals surface area contributed by atoms with E-state index in [-0.39, 0.29) is 5.41 Å². The maximum absolute atomic E-state index is 6.04. The van der Waals surface area contributed by atoms with E-state index in [1.165, 1.54) is 0 Å². The van der Waals surface area contributed by atoms with Gasteiger partial charge in [0.05, 0.1) is 0 Å². The molecule has 1 aromatic heterocycles. The van der Waals surface area contributed by atoms with Crippen LogP contribution >= 0.6 is 11.6 Å². The molecule has 0 saturated carbocycles. The second-order valence-corrected chi connectivity index (χ2v) is 4.81. The molecule has 78 valence electrons. The first-order valence-corrected chi connectivity index (χ1v) is 5.14. The van der Waals surface area contributed by atoms with Crippen LogP contribution in [0.2, 0.25) is 5.15 Å². The number of pyridine rings is 1. The lowest BCUT2D eigenvalue weighted by Crippen LogP contribution is -2.26. The molecule has 1 aromatic rings. The predicted octanol–water partition coefficient (Wildman–Crippen LogP) is 2.57. The largest absolute Gasteiger partial charge is 0.330 e. The van der Waals surface area contributed by atoms with E-state index < -0.39 is 0 Å². The number of nitrogens with zero attached hydrogens (tertiary/aromatic N) is 1. The molecule has 0 unspecified atom stereocenters. The van der Waals surface area contributed by atoms with E-state index in [2.05, 4.69) is 18.8 Å². The number of hydrogen-bond donors (Lipinski definition) is 1. The average Bonchev–Trinajstić information content (AvgIpc) is 2.10. The molecule has 14 heavy (non-hydrogen) atoms. The van der Waals surface area contributed by atoms with Gasteiger partial charge in [-0.15, -0.1) is 0 Å². The van der Waals surface area contributed by atoms with Crippen LogP contribution in [0.4, 0.5) is 0 Å². The van der Waals surface area contributed by atoms with Crippen molar-refractivity contribution in [3.8, 4) is 0 Å². The van der Waals surface area contributed by atoms with Gasteiger partial charge in [-0.1, -0.05) is 31.5 Å². The predicted molar refractivity (Wildman–Crippen MR) is 60.5 cm³/mol. The highest BCUT2D eigenvalue weighted by Gasteiger charge is 2.18. The summed E-state index contributed by atoms with van der Waals surface area (Å²) in [6.07, 6.45) is 0.871. The molecular formula is C11H17ClN2. The summed E-state index contributed by atoms with van der Waals surface area (Å²) < 4.78 is 0. The van der Waals surface area contributed by atoms with E-state index in [9.17, 15) is 0 Å². The number of hydrogen-bond acceptors (Lipinski definition) is 2. The van der Waals surface area contributed by atoms with Crippen molar-refractivity contribution in [3.63, 3.8) is 0 Å². The lowest BCUT2D eigenvalue weighted by Gasteiger charge is -2.22. The Bertz CT molecular complexity index is 321. The molecule has 1 heterocycles. The molecule has 0 bridgehead atoms. The van der Waals surface area contributed by atoms with Gasteiger partial charge in [-0.2, -0.15) is 0 Å². The number of aryl methyl sites for hydroxylation is 1. The molecule has 0 saturated heterocycles. The summed E-state index contributed by atoms with van der Waals surface area (Å²) in [5.41, 5.74) is 7.78. The maximum Gasteiger partial charge on any atom is 0.132 e. The second-order valence-electron chi connectivity index (χ2n) is 4.45. The highest BCUT2D eigenvalue weighted by molar-refractivity contribution is 6.30. The van der Waals surface area contributed by atoms with Gasteiger partial charge in [0.2, 0.25) is 0 Å². The fourth-order valence-corrected chi connectivity index (χ4v) is 1.54. The zero-order valence-corrected chi connectivity index (χ0v) is 9.73. The van der Waals surface area contributed by atoms with Crippen molar-refractivity contribution in [1.82, 2.24) is 4.98 Å². The molecule has 0 atom stereocenters. The summed E-state index contributed by atoms with van der Waals surface area (Å²) in [4.78, 5) is 4.22. The molecule has 0 aliphatic rings. The minimum absolute atomic E-state index is 0.0839. The third kappa shape index (κ3) is 2.96. The van der Waals surface area contributed by atoms with E-state index in [0.717, 1.165) is 17.7 Å². The number of rotatable bonds is 3. The van der Waals surface area contributed by atoms with Gasteiger partial charge in [0.25, 0.3) is 0 Å². The maximum atomic E-state index is 6.04. The molecule has 2 N–H and O–H groups in total. The number of aromatic nitrogens is 1. The SMILES string of the molecule is Cc1ccc(CC(C)(C)CN)c(Cl)n1. The van der Waals surface area contributed by atoms with Crippen molar-refractivity contribution in [1.29, 1.82) is 0 Å². The summed E-state index contributed by atoms with van der Waals surface area (Å²) in [5.74, 6) is 0. The Morgan fingerprint density at radius 1 is 1.43 bits per heavy atom. The fraction of sp³-hybridized carbons (Fsp3) is 0.545.